The molecule has 4 atom stereocenters. The lowest BCUT2D eigenvalue weighted by molar-refractivity contribution is -0.386. The highest BCUT2D eigenvalue weighted by Gasteiger charge is 2.34. The Balaban J connectivity index is 2.30. The summed E-state index contributed by atoms with van der Waals surface area (Å²) >= 11 is 0. The van der Waals surface area contributed by atoms with Crippen LogP contribution in [0.15, 0.2) is 18.5 Å². The van der Waals surface area contributed by atoms with Crippen molar-refractivity contribution in [1.82, 2.24) is 4.98 Å². The molecule has 0 aliphatic heterocycles. The monoisotopic (exact) mass is 250 g/mol. The summed E-state index contributed by atoms with van der Waals surface area (Å²) in [5.41, 5.74) is 0.846. The van der Waals surface area contributed by atoms with Crippen LogP contribution in [0.3, 0.4) is 0 Å². The minimum absolute atomic E-state index is 0.0956. The lowest BCUT2D eigenvalue weighted by Gasteiger charge is -2.36. The Morgan fingerprint density at radius 2 is 2.00 bits per heavy atom. The van der Waals surface area contributed by atoms with Gasteiger partial charge in [0, 0.05) is 11.8 Å². The van der Waals surface area contributed by atoms with Gasteiger partial charge in [0.25, 0.3) is 5.69 Å². The predicted molar refractivity (Wildman–Crippen MR) is 67.2 cm³/mol. The van der Waals surface area contributed by atoms with Crippen molar-refractivity contribution in [3.05, 3.63) is 34.1 Å². The maximum Gasteiger partial charge on any atom is 0.290 e. The molecular weight excluding hydrogens is 232 g/mol. The second-order valence-corrected chi connectivity index (χ2v) is 5.31. The Bertz CT molecular complexity index is 438. The van der Waals surface area contributed by atoms with Crippen LogP contribution in [0.25, 0.3) is 0 Å². The van der Waals surface area contributed by atoms with Crippen LogP contribution >= 0.6 is 0 Å². The van der Waals surface area contributed by atoms with E-state index >= 15 is 0 Å². The first-order valence-corrected chi connectivity index (χ1v) is 6.27. The molecule has 1 fully saturated rings. The predicted octanol–water partition coefficient (Wildman–Crippen LogP) is 2.50. The van der Waals surface area contributed by atoms with Gasteiger partial charge in [-0.3, -0.25) is 15.1 Å². The number of nitro groups is 1. The summed E-state index contributed by atoms with van der Waals surface area (Å²) in [6, 6.07) is 1.74. The van der Waals surface area contributed by atoms with E-state index in [0.717, 1.165) is 18.4 Å². The van der Waals surface area contributed by atoms with Crippen molar-refractivity contribution in [3.63, 3.8) is 0 Å². The average Bonchev–Trinajstić information content (AvgIpc) is 2.35. The molecule has 1 aliphatic carbocycles. The highest BCUT2D eigenvalue weighted by atomic mass is 16.6. The molecule has 1 heterocycles. The van der Waals surface area contributed by atoms with Gasteiger partial charge in [-0.15, -0.1) is 0 Å². The fourth-order valence-corrected chi connectivity index (χ4v) is 2.98. The Hall–Kier alpha value is -1.49. The van der Waals surface area contributed by atoms with E-state index in [0.29, 0.717) is 0 Å². The summed E-state index contributed by atoms with van der Waals surface area (Å²) in [7, 11) is 0. The van der Waals surface area contributed by atoms with Gasteiger partial charge in [-0.05, 0) is 36.7 Å². The van der Waals surface area contributed by atoms with Crippen LogP contribution < -0.4 is 0 Å². The van der Waals surface area contributed by atoms with Crippen molar-refractivity contribution in [3.8, 4) is 0 Å². The summed E-state index contributed by atoms with van der Waals surface area (Å²) in [4.78, 5) is 14.5. The normalized spacial score (nSPS) is 32.2. The fraction of sp³-hybridized carbons (Fsp3) is 0.615. The molecule has 1 unspecified atom stereocenters. The number of pyridine rings is 1. The van der Waals surface area contributed by atoms with Gasteiger partial charge in [-0.25, -0.2) is 0 Å². The third kappa shape index (κ3) is 2.36. The van der Waals surface area contributed by atoms with Gasteiger partial charge in [0.2, 0.25) is 0 Å². The highest BCUT2D eigenvalue weighted by molar-refractivity contribution is 5.40. The minimum atomic E-state index is -0.372. The quantitative estimate of drug-likeness (QED) is 0.646. The Morgan fingerprint density at radius 1 is 1.39 bits per heavy atom. The smallest absolute Gasteiger partial charge is 0.290 e. The molecule has 18 heavy (non-hydrogen) atoms. The van der Waals surface area contributed by atoms with E-state index in [-0.39, 0.29) is 34.5 Å². The van der Waals surface area contributed by atoms with E-state index in [1.165, 1.54) is 6.20 Å². The van der Waals surface area contributed by atoms with Gasteiger partial charge in [-0.1, -0.05) is 13.8 Å². The summed E-state index contributed by atoms with van der Waals surface area (Å²) in [5, 5.41) is 21.0. The van der Waals surface area contributed by atoms with Crippen molar-refractivity contribution in [1.29, 1.82) is 0 Å². The van der Waals surface area contributed by atoms with E-state index in [1.54, 1.807) is 12.3 Å². The molecule has 98 valence electrons. The zero-order valence-corrected chi connectivity index (χ0v) is 10.6. The number of aliphatic hydroxyl groups is 1. The van der Waals surface area contributed by atoms with Gasteiger partial charge in [-0.2, -0.15) is 0 Å². The lowest BCUT2D eigenvalue weighted by atomic mass is 9.72. The number of hydrogen-bond acceptors (Lipinski definition) is 4. The second kappa shape index (κ2) is 5.02. The molecule has 1 aromatic rings. The molecule has 2 rings (SSSR count). The molecule has 5 nitrogen and oxygen atoms in total. The average molecular weight is 250 g/mol. The van der Waals surface area contributed by atoms with Crippen molar-refractivity contribution in [2.24, 2.45) is 11.8 Å². The number of hydrogen-bond donors (Lipinski definition) is 1. The molecule has 0 aromatic carbocycles. The molecule has 0 amide bonds. The van der Waals surface area contributed by atoms with Crippen molar-refractivity contribution < 1.29 is 10.0 Å². The molecule has 5 heteroatoms. The molecule has 0 radical (unpaired) electrons. The zero-order chi connectivity index (χ0) is 13.3. The molecule has 1 N–H and O–H groups in total. The van der Waals surface area contributed by atoms with Crippen LogP contribution in [-0.2, 0) is 0 Å². The van der Waals surface area contributed by atoms with Crippen molar-refractivity contribution in [2.45, 2.75) is 38.7 Å². The molecule has 1 aromatic heterocycles. The first kappa shape index (κ1) is 13.0. The summed E-state index contributed by atoms with van der Waals surface area (Å²) < 4.78 is 0. The Morgan fingerprint density at radius 3 is 2.56 bits per heavy atom. The first-order chi connectivity index (χ1) is 8.50. The lowest BCUT2D eigenvalue weighted by Crippen LogP contribution is -2.33. The minimum Gasteiger partial charge on any atom is -0.393 e. The topological polar surface area (TPSA) is 76.3 Å². The van der Waals surface area contributed by atoms with Crippen LogP contribution in [0.5, 0.6) is 0 Å². The van der Waals surface area contributed by atoms with Gasteiger partial charge in [0.1, 0.15) is 6.20 Å². The maximum atomic E-state index is 11.0. The summed E-state index contributed by atoms with van der Waals surface area (Å²) in [6.45, 7) is 4.00. The largest absolute Gasteiger partial charge is 0.393 e. The van der Waals surface area contributed by atoms with Crippen molar-refractivity contribution in [2.75, 3.05) is 0 Å². The molecular formula is C13H18N2O3. The number of aliphatic hydroxyl groups excluding tert-OH is 1. The molecule has 1 aliphatic rings. The third-order valence-corrected chi connectivity index (χ3v) is 3.95. The van der Waals surface area contributed by atoms with Crippen LogP contribution in [0.4, 0.5) is 5.69 Å². The Labute approximate surface area is 106 Å². The van der Waals surface area contributed by atoms with Crippen LogP contribution in [0.1, 0.15) is 38.2 Å². The van der Waals surface area contributed by atoms with E-state index < -0.39 is 0 Å². The molecule has 1 saturated carbocycles. The molecule has 0 spiro atoms. The SMILES string of the molecule is C[C@@H]1CC(c2ccncc2[N+](=O)[O-])C[C@H](C)[C@H]1O. The Kier molecular flexibility index (Phi) is 3.61. The standard InChI is InChI=1S/C13H18N2O3/c1-8-5-10(6-9(2)13(8)16)11-3-4-14-7-12(11)15(17)18/h3-4,7-10,13,16H,5-6H2,1-2H3/t8-,9+,10?,13+. The molecule has 0 saturated heterocycles. The van der Waals surface area contributed by atoms with E-state index in [9.17, 15) is 15.2 Å². The van der Waals surface area contributed by atoms with Gasteiger partial charge < -0.3 is 5.11 Å². The first-order valence-electron chi connectivity index (χ1n) is 6.27. The maximum absolute atomic E-state index is 11.0. The van der Waals surface area contributed by atoms with Gasteiger partial charge in [0.05, 0.1) is 11.0 Å². The van der Waals surface area contributed by atoms with Crippen molar-refractivity contribution >= 4 is 5.69 Å². The summed E-state index contributed by atoms with van der Waals surface area (Å²) in [6.07, 6.45) is 4.19. The number of nitrogens with zero attached hydrogens (tertiary/aromatic N) is 2. The van der Waals surface area contributed by atoms with E-state index in [1.807, 2.05) is 13.8 Å². The number of rotatable bonds is 2. The van der Waals surface area contributed by atoms with Crippen LogP contribution in [0, 0.1) is 22.0 Å². The van der Waals surface area contributed by atoms with Crippen LogP contribution in [0.2, 0.25) is 0 Å². The fourth-order valence-electron chi connectivity index (χ4n) is 2.98. The second-order valence-electron chi connectivity index (χ2n) is 5.31. The van der Waals surface area contributed by atoms with Gasteiger partial charge in [0.15, 0.2) is 0 Å². The van der Waals surface area contributed by atoms with Gasteiger partial charge >= 0.3 is 0 Å². The van der Waals surface area contributed by atoms with E-state index in [2.05, 4.69) is 4.98 Å². The van der Waals surface area contributed by atoms with E-state index in [4.69, 9.17) is 0 Å². The van der Waals surface area contributed by atoms with Crippen LogP contribution in [-0.4, -0.2) is 21.1 Å². The summed E-state index contributed by atoms with van der Waals surface area (Å²) in [5.74, 6) is 0.486. The highest BCUT2D eigenvalue weighted by Crippen LogP contribution is 2.41. The zero-order valence-electron chi connectivity index (χ0n) is 10.6. The third-order valence-electron chi connectivity index (χ3n) is 3.95. The number of aromatic nitrogens is 1. The molecule has 0 bridgehead atoms.